The van der Waals surface area contributed by atoms with Crippen molar-refractivity contribution in [2.24, 2.45) is 0 Å². The zero-order valence-electron chi connectivity index (χ0n) is 7.59. The van der Waals surface area contributed by atoms with Gasteiger partial charge < -0.3 is 0 Å². The second-order valence-electron chi connectivity index (χ2n) is 3.02. The Bertz CT molecular complexity index is 291. The van der Waals surface area contributed by atoms with Crippen LogP contribution in [0.3, 0.4) is 0 Å². The highest BCUT2D eigenvalue weighted by Crippen LogP contribution is 2.18. The molecule has 0 fully saturated rings. The van der Waals surface area contributed by atoms with E-state index in [9.17, 15) is 0 Å². The Morgan fingerprint density at radius 2 is 2.25 bits per heavy atom. The van der Waals surface area contributed by atoms with Gasteiger partial charge in [-0.1, -0.05) is 42.7 Å². The van der Waals surface area contributed by atoms with Crippen molar-refractivity contribution in [2.45, 2.75) is 26.2 Å². The summed E-state index contributed by atoms with van der Waals surface area (Å²) in [5.74, 6) is 2.72. The van der Waals surface area contributed by atoms with Gasteiger partial charge in [0.25, 0.3) is 0 Å². The maximum Gasteiger partial charge on any atom is 0.0460 e. The lowest BCUT2D eigenvalue weighted by molar-refractivity contribution is 0.828. The van der Waals surface area contributed by atoms with Crippen LogP contribution in [0.15, 0.2) is 24.3 Å². The van der Waals surface area contributed by atoms with Crippen LogP contribution >= 0.6 is 0 Å². The Kier molecular flexibility index (Phi) is 2.94. The average molecular weight is 157 g/mol. The predicted molar refractivity (Wildman–Crippen MR) is 51.3 cm³/mol. The molecule has 0 saturated carbocycles. The molecule has 1 radical (unpaired) electrons. The molecule has 61 valence electrons. The molecule has 1 aromatic rings. The van der Waals surface area contributed by atoms with Crippen molar-refractivity contribution in [3.63, 3.8) is 0 Å². The fourth-order valence-corrected chi connectivity index (χ4v) is 1.31. The third-order valence-corrected chi connectivity index (χ3v) is 2.03. The zero-order valence-corrected chi connectivity index (χ0v) is 7.59. The molecule has 0 aliphatic carbocycles. The molecule has 1 rings (SSSR count). The number of benzene rings is 1. The van der Waals surface area contributed by atoms with Gasteiger partial charge in [0.15, 0.2) is 0 Å². The van der Waals surface area contributed by atoms with Crippen LogP contribution in [-0.2, 0) is 0 Å². The minimum Gasteiger partial charge on any atom is -0.0809 e. The molecule has 1 atom stereocenters. The maximum absolute atomic E-state index is 7.12. The molecule has 1 unspecified atom stereocenters. The van der Waals surface area contributed by atoms with Gasteiger partial charge in [-0.15, -0.1) is 0 Å². The first-order valence-electron chi connectivity index (χ1n) is 4.26. The summed E-state index contributed by atoms with van der Waals surface area (Å²) in [6.45, 7) is 4.15. The molecule has 0 amide bonds. The summed E-state index contributed by atoms with van der Waals surface area (Å²) in [5.41, 5.74) is 2.45. The average Bonchev–Trinajstić information content (AvgIpc) is 2.07. The fraction of sp³-hybridized carbons (Fsp3) is 0.333. The largest absolute Gasteiger partial charge is 0.0809 e. The van der Waals surface area contributed by atoms with Crippen LogP contribution in [-0.4, -0.2) is 0 Å². The van der Waals surface area contributed by atoms with Gasteiger partial charge in [-0.25, -0.2) is 0 Å². The van der Waals surface area contributed by atoms with Crippen molar-refractivity contribution in [1.82, 2.24) is 0 Å². The Balaban J connectivity index is 2.95. The van der Waals surface area contributed by atoms with E-state index in [4.69, 9.17) is 6.42 Å². The van der Waals surface area contributed by atoms with E-state index in [2.05, 4.69) is 38.0 Å². The summed E-state index contributed by atoms with van der Waals surface area (Å²) in [6, 6.07) is 8.28. The van der Waals surface area contributed by atoms with E-state index in [0.29, 0.717) is 0 Å². The quantitative estimate of drug-likeness (QED) is 0.579. The van der Waals surface area contributed by atoms with E-state index in [1.54, 1.807) is 0 Å². The first-order valence-corrected chi connectivity index (χ1v) is 4.26. The molecular weight excluding hydrogens is 144 g/mol. The van der Waals surface area contributed by atoms with Crippen molar-refractivity contribution in [3.8, 4) is 5.92 Å². The number of hydrogen-bond acceptors (Lipinski definition) is 0. The topological polar surface area (TPSA) is 0 Å². The van der Waals surface area contributed by atoms with Crippen molar-refractivity contribution in [3.05, 3.63) is 41.8 Å². The molecule has 0 N–H and O–H groups in total. The van der Waals surface area contributed by atoms with E-state index < -0.39 is 0 Å². The summed E-state index contributed by atoms with van der Waals surface area (Å²) in [6.07, 6.45) is 8.07. The van der Waals surface area contributed by atoms with Gasteiger partial charge in [0.05, 0.1) is 0 Å². The summed E-state index contributed by atoms with van der Waals surface area (Å²) in [7, 11) is 0. The molecular formula is C12H13. The monoisotopic (exact) mass is 157 g/mol. The van der Waals surface area contributed by atoms with E-state index in [0.717, 1.165) is 6.42 Å². The van der Waals surface area contributed by atoms with Gasteiger partial charge >= 0.3 is 0 Å². The Hall–Kier alpha value is -1.22. The molecule has 0 heteroatoms. The standard InChI is InChI=1S/C12H13/c1-4-11(5-2)12-8-6-7-10(3)9-12/h6-9,11H,4H2,1,3H3. The molecule has 0 bridgehead atoms. The van der Waals surface area contributed by atoms with Gasteiger partial charge in [0.1, 0.15) is 0 Å². The molecule has 0 saturated heterocycles. The normalized spacial score (nSPS) is 12.1. The molecule has 12 heavy (non-hydrogen) atoms. The van der Waals surface area contributed by atoms with Crippen molar-refractivity contribution in [1.29, 1.82) is 0 Å². The van der Waals surface area contributed by atoms with Crippen LogP contribution in [0, 0.1) is 19.3 Å². The summed E-state index contributed by atoms with van der Waals surface area (Å²) < 4.78 is 0. The lowest BCUT2D eigenvalue weighted by atomic mass is 9.96. The van der Waals surface area contributed by atoms with E-state index in [-0.39, 0.29) is 5.92 Å². The van der Waals surface area contributed by atoms with Crippen LogP contribution in [0.1, 0.15) is 30.4 Å². The molecule has 0 aromatic heterocycles. The minimum atomic E-state index is 0.171. The number of hydrogen-bond donors (Lipinski definition) is 0. The highest BCUT2D eigenvalue weighted by Gasteiger charge is 2.04. The summed E-state index contributed by atoms with van der Waals surface area (Å²) >= 11 is 0. The van der Waals surface area contributed by atoms with Crippen molar-refractivity contribution in [2.75, 3.05) is 0 Å². The first kappa shape index (κ1) is 8.87. The second-order valence-corrected chi connectivity index (χ2v) is 3.02. The second kappa shape index (κ2) is 3.97. The van der Waals surface area contributed by atoms with Gasteiger partial charge in [-0.05, 0) is 25.3 Å². The predicted octanol–water partition coefficient (Wildman–Crippen LogP) is 3.08. The van der Waals surface area contributed by atoms with Crippen LogP contribution in [0.25, 0.3) is 0 Å². The fourth-order valence-electron chi connectivity index (χ4n) is 1.31. The van der Waals surface area contributed by atoms with Crippen LogP contribution < -0.4 is 0 Å². The van der Waals surface area contributed by atoms with Crippen molar-refractivity contribution < 1.29 is 0 Å². The van der Waals surface area contributed by atoms with Gasteiger partial charge in [-0.3, -0.25) is 0 Å². The minimum absolute atomic E-state index is 0.171. The van der Waals surface area contributed by atoms with E-state index in [1.165, 1.54) is 11.1 Å². The van der Waals surface area contributed by atoms with Gasteiger partial charge in [0.2, 0.25) is 0 Å². The maximum atomic E-state index is 7.12. The van der Waals surface area contributed by atoms with E-state index in [1.807, 2.05) is 6.07 Å². The SMILES string of the molecule is [C]#CC(CC)c1cccc(C)c1. The third kappa shape index (κ3) is 1.89. The lowest BCUT2D eigenvalue weighted by Crippen LogP contribution is -1.93. The summed E-state index contributed by atoms with van der Waals surface area (Å²) in [5, 5.41) is 0. The van der Waals surface area contributed by atoms with Crippen LogP contribution in [0.5, 0.6) is 0 Å². The Morgan fingerprint density at radius 1 is 1.50 bits per heavy atom. The highest BCUT2D eigenvalue weighted by atomic mass is 14.1. The van der Waals surface area contributed by atoms with Crippen LogP contribution in [0.4, 0.5) is 0 Å². The zero-order chi connectivity index (χ0) is 8.97. The van der Waals surface area contributed by atoms with Crippen LogP contribution in [0.2, 0.25) is 0 Å². The highest BCUT2D eigenvalue weighted by molar-refractivity contribution is 5.29. The summed E-state index contributed by atoms with van der Waals surface area (Å²) in [4.78, 5) is 0. The smallest absolute Gasteiger partial charge is 0.0460 e. The van der Waals surface area contributed by atoms with Gasteiger partial charge in [-0.2, -0.15) is 0 Å². The lowest BCUT2D eigenvalue weighted by Gasteiger charge is -2.07. The van der Waals surface area contributed by atoms with Gasteiger partial charge in [0, 0.05) is 5.92 Å². The molecule has 1 aromatic carbocycles. The molecule has 0 spiro atoms. The Morgan fingerprint density at radius 3 is 2.75 bits per heavy atom. The number of rotatable bonds is 2. The van der Waals surface area contributed by atoms with Crippen molar-refractivity contribution >= 4 is 0 Å². The third-order valence-electron chi connectivity index (χ3n) is 2.03. The molecule has 0 nitrogen and oxygen atoms in total. The first-order chi connectivity index (χ1) is 5.77. The van der Waals surface area contributed by atoms with E-state index >= 15 is 0 Å². The molecule has 0 aliphatic heterocycles. The molecule has 0 heterocycles. The Labute approximate surface area is 74.6 Å². The molecule has 0 aliphatic rings. The number of aryl methyl sites for hydroxylation is 1.